The predicted octanol–water partition coefficient (Wildman–Crippen LogP) is 4.23. The van der Waals surface area contributed by atoms with E-state index < -0.39 is 11.8 Å². The van der Waals surface area contributed by atoms with Crippen molar-refractivity contribution >= 4 is 35.2 Å². The summed E-state index contributed by atoms with van der Waals surface area (Å²) in [6.07, 6.45) is 2.81. The number of carbonyl (C=O) groups is 2. The lowest BCUT2D eigenvalue weighted by molar-refractivity contribution is -0.111. The van der Waals surface area contributed by atoms with Crippen LogP contribution in [-0.4, -0.2) is 19.0 Å². The van der Waals surface area contributed by atoms with Gasteiger partial charge in [0.25, 0.3) is 0 Å². The summed E-state index contributed by atoms with van der Waals surface area (Å²) in [7, 11) is 1.29. The molecular formula is C18H15ClFNO3. The van der Waals surface area contributed by atoms with Crippen LogP contribution in [0, 0.1) is 12.7 Å². The van der Waals surface area contributed by atoms with E-state index in [2.05, 4.69) is 10.1 Å². The Labute approximate surface area is 143 Å². The zero-order valence-electron chi connectivity index (χ0n) is 13.1. The molecule has 0 atom stereocenters. The number of anilines is 1. The van der Waals surface area contributed by atoms with Crippen LogP contribution in [0.5, 0.6) is 0 Å². The molecule has 2 aromatic rings. The number of methoxy groups -OCH3 is 1. The molecule has 0 saturated heterocycles. The van der Waals surface area contributed by atoms with Gasteiger partial charge in [-0.2, -0.15) is 0 Å². The molecule has 1 N–H and O–H groups in total. The SMILES string of the molecule is COC(=O)c1ccc(C)c(NC(=O)/C=C/c2ccc(F)c(Cl)c2)c1. The summed E-state index contributed by atoms with van der Waals surface area (Å²) >= 11 is 5.69. The summed E-state index contributed by atoms with van der Waals surface area (Å²) in [6, 6.07) is 9.03. The predicted molar refractivity (Wildman–Crippen MR) is 91.6 cm³/mol. The Hall–Kier alpha value is -2.66. The summed E-state index contributed by atoms with van der Waals surface area (Å²) in [4.78, 5) is 23.6. The maximum Gasteiger partial charge on any atom is 0.337 e. The van der Waals surface area contributed by atoms with Gasteiger partial charge in [-0.1, -0.05) is 23.7 Å². The Morgan fingerprint density at radius 1 is 1.21 bits per heavy atom. The van der Waals surface area contributed by atoms with Gasteiger partial charge in [0.1, 0.15) is 5.82 Å². The number of nitrogens with one attached hydrogen (secondary N) is 1. The van der Waals surface area contributed by atoms with Gasteiger partial charge >= 0.3 is 5.97 Å². The number of hydrogen-bond acceptors (Lipinski definition) is 3. The fourth-order valence-electron chi connectivity index (χ4n) is 1.96. The number of carbonyl (C=O) groups excluding carboxylic acids is 2. The largest absolute Gasteiger partial charge is 0.465 e. The van der Waals surface area contributed by atoms with Crippen molar-refractivity contribution in [3.05, 3.63) is 70.0 Å². The lowest BCUT2D eigenvalue weighted by atomic mass is 10.1. The summed E-state index contributed by atoms with van der Waals surface area (Å²) in [5, 5.41) is 2.67. The Morgan fingerprint density at radius 2 is 1.96 bits per heavy atom. The highest BCUT2D eigenvalue weighted by Crippen LogP contribution is 2.19. The van der Waals surface area contributed by atoms with Gasteiger partial charge < -0.3 is 10.1 Å². The molecule has 0 unspecified atom stereocenters. The molecule has 0 aliphatic rings. The molecule has 4 nitrogen and oxygen atoms in total. The first-order valence-electron chi connectivity index (χ1n) is 7.04. The maximum absolute atomic E-state index is 13.1. The van der Waals surface area contributed by atoms with Crippen molar-refractivity contribution < 1.29 is 18.7 Å². The van der Waals surface area contributed by atoms with Gasteiger partial charge in [0, 0.05) is 11.8 Å². The van der Waals surface area contributed by atoms with Crippen molar-refractivity contribution in [2.45, 2.75) is 6.92 Å². The van der Waals surface area contributed by atoms with Crippen LogP contribution in [0.25, 0.3) is 6.08 Å². The van der Waals surface area contributed by atoms with E-state index >= 15 is 0 Å². The zero-order valence-corrected chi connectivity index (χ0v) is 13.9. The third kappa shape index (κ3) is 4.43. The number of aryl methyl sites for hydroxylation is 1. The molecule has 0 spiro atoms. The van der Waals surface area contributed by atoms with Crippen molar-refractivity contribution in [2.24, 2.45) is 0 Å². The molecule has 24 heavy (non-hydrogen) atoms. The highest BCUT2D eigenvalue weighted by Gasteiger charge is 2.09. The molecular weight excluding hydrogens is 333 g/mol. The van der Waals surface area contributed by atoms with Gasteiger partial charge in [-0.15, -0.1) is 0 Å². The molecule has 124 valence electrons. The van der Waals surface area contributed by atoms with E-state index in [9.17, 15) is 14.0 Å². The number of halogens is 2. The smallest absolute Gasteiger partial charge is 0.337 e. The molecule has 0 fully saturated rings. The second kappa shape index (κ2) is 7.75. The fraction of sp³-hybridized carbons (Fsp3) is 0.111. The van der Waals surface area contributed by atoms with Gasteiger partial charge in [-0.05, 0) is 48.4 Å². The van der Waals surface area contributed by atoms with Gasteiger partial charge in [-0.3, -0.25) is 4.79 Å². The molecule has 1 amide bonds. The van der Waals surface area contributed by atoms with E-state index in [0.717, 1.165) is 5.56 Å². The van der Waals surface area contributed by atoms with E-state index in [1.807, 2.05) is 0 Å². The van der Waals surface area contributed by atoms with E-state index in [-0.39, 0.29) is 10.9 Å². The quantitative estimate of drug-likeness (QED) is 0.665. The minimum Gasteiger partial charge on any atom is -0.465 e. The van der Waals surface area contributed by atoms with Crippen molar-refractivity contribution in [3.8, 4) is 0 Å². The van der Waals surface area contributed by atoms with Crippen molar-refractivity contribution in [1.29, 1.82) is 0 Å². The summed E-state index contributed by atoms with van der Waals surface area (Å²) < 4.78 is 17.7. The lowest BCUT2D eigenvalue weighted by Gasteiger charge is -2.08. The van der Waals surface area contributed by atoms with Crippen LogP contribution in [0.3, 0.4) is 0 Å². The summed E-state index contributed by atoms with van der Waals surface area (Å²) in [5.74, 6) is -1.39. The monoisotopic (exact) mass is 347 g/mol. The van der Waals surface area contributed by atoms with Gasteiger partial charge in [0.2, 0.25) is 5.91 Å². The number of esters is 1. The number of benzene rings is 2. The topological polar surface area (TPSA) is 55.4 Å². The van der Waals surface area contributed by atoms with E-state index in [4.69, 9.17) is 11.6 Å². The standard InChI is InChI=1S/C18H15ClFNO3/c1-11-3-6-13(18(23)24-2)10-16(11)21-17(22)8-5-12-4-7-15(20)14(19)9-12/h3-10H,1-2H3,(H,21,22)/b8-5+. The van der Waals surface area contributed by atoms with Gasteiger partial charge in [-0.25, -0.2) is 9.18 Å². The molecule has 0 aromatic heterocycles. The first-order chi connectivity index (χ1) is 11.4. The Bertz CT molecular complexity index is 818. The number of ether oxygens (including phenoxy) is 1. The average molecular weight is 348 g/mol. The maximum atomic E-state index is 13.1. The average Bonchev–Trinajstić information content (AvgIpc) is 2.57. The molecule has 0 aliphatic carbocycles. The Balaban J connectivity index is 2.13. The van der Waals surface area contributed by atoms with E-state index in [1.165, 1.54) is 37.5 Å². The normalized spacial score (nSPS) is 10.7. The minimum absolute atomic E-state index is 0.0146. The minimum atomic E-state index is -0.520. The fourth-order valence-corrected chi connectivity index (χ4v) is 2.15. The van der Waals surface area contributed by atoms with Crippen LogP contribution >= 0.6 is 11.6 Å². The molecule has 0 bridgehead atoms. The van der Waals surface area contributed by atoms with Crippen LogP contribution < -0.4 is 5.32 Å². The molecule has 6 heteroatoms. The Kier molecular flexibility index (Phi) is 5.71. The van der Waals surface area contributed by atoms with E-state index in [1.54, 1.807) is 25.1 Å². The third-order valence-corrected chi connectivity index (χ3v) is 3.58. The van der Waals surface area contributed by atoms with Crippen molar-refractivity contribution in [3.63, 3.8) is 0 Å². The molecule has 0 radical (unpaired) electrons. The molecule has 0 saturated carbocycles. The second-order valence-electron chi connectivity index (χ2n) is 5.02. The lowest BCUT2D eigenvalue weighted by Crippen LogP contribution is -2.10. The molecule has 2 rings (SSSR count). The van der Waals surface area contributed by atoms with Crippen molar-refractivity contribution in [2.75, 3.05) is 12.4 Å². The molecule has 0 aliphatic heterocycles. The first kappa shape index (κ1) is 17.7. The van der Waals surface area contributed by atoms with E-state index in [0.29, 0.717) is 16.8 Å². The second-order valence-corrected chi connectivity index (χ2v) is 5.42. The van der Waals surface area contributed by atoms with Crippen molar-refractivity contribution in [1.82, 2.24) is 0 Å². The number of rotatable bonds is 4. The van der Waals surface area contributed by atoms with Crippen LogP contribution in [0.4, 0.5) is 10.1 Å². The summed E-state index contributed by atoms with van der Waals surface area (Å²) in [5.41, 5.74) is 2.24. The highest BCUT2D eigenvalue weighted by atomic mass is 35.5. The number of amides is 1. The highest BCUT2D eigenvalue weighted by molar-refractivity contribution is 6.30. The van der Waals surface area contributed by atoms with Crippen LogP contribution in [-0.2, 0) is 9.53 Å². The van der Waals surface area contributed by atoms with Crippen LogP contribution in [0.2, 0.25) is 5.02 Å². The van der Waals surface area contributed by atoms with Crippen LogP contribution in [0.1, 0.15) is 21.5 Å². The van der Waals surface area contributed by atoms with Crippen LogP contribution in [0.15, 0.2) is 42.5 Å². The van der Waals surface area contributed by atoms with Gasteiger partial charge in [0.15, 0.2) is 0 Å². The van der Waals surface area contributed by atoms with Gasteiger partial charge in [0.05, 0.1) is 17.7 Å². The summed E-state index contributed by atoms with van der Waals surface area (Å²) in [6.45, 7) is 1.81. The Morgan fingerprint density at radius 3 is 2.62 bits per heavy atom. The molecule has 2 aromatic carbocycles. The third-order valence-electron chi connectivity index (χ3n) is 3.29. The molecule has 0 heterocycles. The zero-order chi connectivity index (χ0) is 17.7. The number of hydrogen-bond donors (Lipinski definition) is 1. The first-order valence-corrected chi connectivity index (χ1v) is 7.41.